The summed E-state index contributed by atoms with van der Waals surface area (Å²) in [4.78, 5) is 7.74. The third kappa shape index (κ3) is 2.53. The summed E-state index contributed by atoms with van der Waals surface area (Å²) in [6.45, 7) is 0. The lowest BCUT2D eigenvalue weighted by atomic mass is 10.3. The molecule has 0 aliphatic carbocycles. The van der Waals surface area contributed by atoms with E-state index in [0.717, 1.165) is 0 Å². The first-order chi connectivity index (χ1) is 7.48. The minimum Gasteiger partial charge on any atom is -0.362 e. The highest BCUT2D eigenvalue weighted by atomic mass is 79.9. The molecule has 1 aromatic heterocycles. The highest BCUT2D eigenvalue weighted by Gasteiger charge is 2.22. The molecular formula is C8H7BrClN3O2S. The van der Waals surface area contributed by atoms with Crippen LogP contribution < -0.4 is 5.32 Å². The molecule has 0 bridgehead atoms. The largest absolute Gasteiger partial charge is 0.362 e. The molecule has 0 radical (unpaired) electrons. The van der Waals surface area contributed by atoms with Gasteiger partial charge >= 0.3 is 0 Å². The van der Waals surface area contributed by atoms with Crippen molar-refractivity contribution in [2.75, 3.05) is 11.1 Å². The van der Waals surface area contributed by atoms with Gasteiger partial charge in [0.05, 0.1) is 16.3 Å². The number of halogens is 2. The smallest absolute Gasteiger partial charge is 0.173 e. The van der Waals surface area contributed by atoms with Crippen LogP contribution in [-0.4, -0.2) is 30.2 Å². The van der Waals surface area contributed by atoms with Crippen LogP contribution in [0, 0.1) is 0 Å². The molecule has 16 heavy (non-hydrogen) atoms. The number of hydrogen-bond acceptors (Lipinski definition) is 5. The maximum Gasteiger partial charge on any atom is 0.173 e. The molecule has 0 aromatic carbocycles. The molecule has 1 unspecified atom stereocenters. The number of rotatable bonds is 2. The lowest BCUT2D eigenvalue weighted by molar-refractivity contribution is 0.605. The summed E-state index contributed by atoms with van der Waals surface area (Å²) in [7, 11) is -3.07. The summed E-state index contributed by atoms with van der Waals surface area (Å²) < 4.78 is 22.9. The quantitative estimate of drug-likeness (QED) is 0.837. The van der Waals surface area contributed by atoms with E-state index in [0.29, 0.717) is 10.3 Å². The van der Waals surface area contributed by atoms with E-state index in [2.05, 4.69) is 31.2 Å². The Bertz CT molecular complexity index is 546. The molecule has 0 fully saturated rings. The fourth-order valence-corrected chi connectivity index (χ4v) is 2.98. The molecule has 1 aromatic rings. The molecule has 0 saturated carbocycles. The summed E-state index contributed by atoms with van der Waals surface area (Å²) in [6.07, 6.45) is 2.89. The van der Waals surface area contributed by atoms with Crippen molar-refractivity contribution >= 4 is 43.2 Å². The van der Waals surface area contributed by atoms with Gasteiger partial charge in [-0.25, -0.2) is 18.4 Å². The predicted octanol–water partition coefficient (Wildman–Crippen LogP) is 1.62. The van der Waals surface area contributed by atoms with Crippen LogP contribution in [-0.2, 0) is 9.84 Å². The van der Waals surface area contributed by atoms with Gasteiger partial charge in [-0.05, 0) is 22.0 Å². The fraction of sp³-hybridized carbons (Fsp3) is 0.250. The topological polar surface area (TPSA) is 72.0 Å². The Morgan fingerprint density at radius 2 is 2.25 bits per heavy atom. The zero-order chi connectivity index (χ0) is 11.8. The Labute approximate surface area is 106 Å². The second-order valence-corrected chi connectivity index (χ2v) is 6.32. The van der Waals surface area contributed by atoms with Crippen LogP contribution in [0.3, 0.4) is 0 Å². The van der Waals surface area contributed by atoms with Gasteiger partial charge in [-0.15, -0.1) is 0 Å². The van der Waals surface area contributed by atoms with Crippen LogP contribution >= 0.6 is 27.5 Å². The van der Waals surface area contributed by atoms with Crippen LogP contribution in [0.1, 0.15) is 0 Å². The first-order valence-electron chi connectivity index (χ1n) is 4.31. The van der Waals surface area contributed by atoms with Gasteiger partial charge in [0, 0.05) is 5.41 Å². The van der Waals surface area contributed by atoms with Gasteiger partial charge < -0.3 is 5.32 Å². The number of nitrogens with one attached hydrogen (secondary N) is 1. The van der Waals surface area contributed by atoms with Crippen molar-refractivity contribution in [1.29, 1.82) is 0 Å². The van der Waals surface area contributed by atoms with E-state index >= 15 is 0 Å². The maximum absolute atomic E-state index is 11.2. The first kappa shape index (κ1) is 11.8. The van der Waals surface area contributed by atoms with E-state index in [9.17, 15) is 8.42 Å². The van der Waals surface area contributed by atoms with E-state index in [1.807, 2.05) is 0 Å². The van der Waals surface area contributed by atoms with Crippen LogP contribution in [0.25, 0.3) is 0 Å². The van der Waals surface area contributed by atoms with Crippen LogP contribution in [0.2, 0.25) is 5.15 Å². The number of anilines is 1. The Hall–Kier alpha value is -0.660. The van der Waals surface area contributed by atoms with Gasteiger partial charge in [0.1, 0.15) is 17.3 Å². The van der Waals surface area contributed by atoms with Crippen molar-refractivity contribution in [3.05, 3.63) is 27.4 Å². The van der Waals surface area contributed by atoms with Crippen molar-refractivity contribution in [3.63, 3.8) is 0 Å². The van der Waals surface area contributed by atoms with E-state index in [-0.39, 0.29) is 16.9 Å². The SMILES string of the molecule is O=S1(=O)C=CC(Nc2ncnc(Cl)c2Br)C1. The highest BCUT2D eigenvalue weighted by molar-refractivity contribution is 9.10. The molecule has 2 heterocycles. The molecule has 1 N–H and O–H groups in total. The van der Waals surface area contributed by atoms with Crippen molar-refractivity contribution < 1.29 is 8.42 Å². The lowest BCUT2D eigenvalue weighted by Gasteiger charge is -2.11. The first-order valence-corrected chi connectivity index (χ1v) is 7.20. The standard InChI is InChI=1S/C8H7BrClN3O2S/c9-6-7(10)11-4-12-8(6)13-5-1-2-16(14,15)3-5/h1-2,4-5H,3H2,(H,11,12,13). The lowest BCUT2D eigenvalue weighted by Crippen LogP contribution is -2.21. The van der Waals surface area contributed by atoms with Gasteiger partial charge in [-0.1, -0.05) is 11.6 Å². The third-order valence-corrected chi connectivity index (χ3v) is 4.66. The fourth-order valence-electron chi connectivity index (χ4n) is 1.29. The molecule has 1 aliphatic heterocycles. The number of hydrogen-bond donors (Lipinski definition) is 1. The van der Waals surface area contributed by atoms with Gasteiger partial charge in [-0.2, -0.15) is 0 Å². The summed E-state index contributed by atoms with van der Waals surface area (Å²) >= 11 is 9.00. The van der Waals surface area contributed by atoms with Crippen LogP contribution in [0.15, 0.2) is 22.3 Å². The summed E-state index contributed by atoms with van der Waals surface area (Å²) in [5.41, 5.74) is 0. The van der Waals surface area contributed by atoms with Crippen molar-refractivity contribution in [1.82, 2.24) is 9.97 Å². The maximum atomic E-state index is 11.2. The molecule has 1 atom stereocenters. The Kier molecular flexibility index (Phi) is 3.18. The minimum atomic E-state index is -3.07. The average Bonchev–Trinajstić information content (AvgIpc) is 2.53. The van der Waals surface area contributed by atoms with Gasteiger partial charge in [0.2, 0.25) is 0 Å². The van der Waals surface area contributed by atoms with E-state index in [1.54, 1.807) is 6.08 Å². The zero-order valence-electron chi connectivity index (χ0n) is 7.89. The molecule has 1 aliphatic rings. The molecule has 2 rings (SSSR count). The van der Waals surface area contributed by atoms with Crippen molar-refractivity contribution in [2.24, 2.45) is 0 Å². The Morgan fingerprint density at radius 3 is 2.88 bits per heavy atom. The molecule has 0 amide bonds. The molecule has 86 valence electrons. The van der Waals surface area contributed by atoms with Gasteiger partial charge in [0.15, 0.2) is 9.84 Å². The number of sulfone groups is 1. The van der Waals surface area contributed by atoms with Gasteiger partial charge in [0.25, 0.3) is 0 Å². The van der Waals surface area contributed by atoms with Crippen molar-refractivity contribution in [2.45, 2.75) is 6.04 Å². The summed E-state index contributed by atoms with van der Waals surface area (Å²) in [5.74, 6) is 0.507. The second-order valence-electron chi connectivity index (χ2n) is 3.24. The molecule has 5 nitrogen and oxygen atoms in total. The second kappa shape index (κ2) is 4.31. The monoisotopic (exact) mass is 323 g/mol. The van der Waals surface area contributed by atoms with E-state index in [4.69, 9.17) is 11.6 Å². The van der Waals surface area contributed by atoms with E-state index in [1.165, 1.54) is 11.7 Å². The summed E-state index contributed by atoms with van der Waals surface area (Å²) in [6, 6.07) is -0.285. The van der Waals surface area contributed by atoms with Gasteiger partial charge in [-0.3, -0.25) is 0 Å². The van der Waals surface area contributed by atoms with E-state index < -0.39 is 9.84 Å². The highest BCUT2D eigenvalue weighted by Crippen LogP contribution is 2.27. The van der Waals surface area contributed by atoms with Crippen LogP contribution in [0.4, 0.5) is 5.82 Å². The molecular weight excluding hydrogens is 318 g/mol. The summed E-state index contributed by atoms with van der Waals surface area (Å²) in [5, 5.41) is 4.43. The Balaban J connectivity index is 2.17. The Morgan fingerprint density at radius 1 is 1.50 bits per heavy atom. The van der Waals surface area contributed by atoms with Crippen molar-refractivity contribution in [3.8, 4) is 0 Å². The molecule has 0 saturated heterocycles. The number of aromatic nitrogens is 2. The predicted molar refractivity (Wildman–Crippen MR) is 65.1 cm³/mol. The third-order valence-electron chi connectivity index (χ3n) is 2.00. The normalized spacial score (nSPS) is 22.2. The average molecular weight is 325 g/mol. The molecule has 0 spiro atoms. The zero-order valence-corrected chi connectivity index (χ0v) is 11.1. The minimum absolute atomic E-state index is 0.0288. The number of nitrogens with zero attached hydrogens (tertiary/aromatic N) is 2. The van der Waals surface area contributed by atoms with Crippen LogP contribution in [0.5, 0.6) is 0 Å². The molecule has 8 heteroatoms.